The van der Waals surface area contributed by atoms with Gasteiger partial charge in [0.15, 0.2) is 0 Å². The number of phenolic OH excluding ortho intramolecular Hbond substituents is 1. The number of ether oxygens (including phenoxy) is 1. The van der Waals surface area contributed by atoms with E-state index in [1.54, 1.807) is 12.1 Å². The first-order valence-electron chi connectivity index (χ1n) is 10.1. The lowest BCUT2D eigenvalue weighted by molar-refractivity contribution is 0.0732. The Balaban J connectivity index is 0.000000892. The maximum atomic E-state index is 12.4. The molecule has 0 unspecified atom stereocenters. The molecule has 2 rings (SSSR count). The molecule has 3 heteroatoms. The molecule has 0 fully saturated rings. The lowest BCUT2D eigenvalue weighted by Crippen LogP contribution is -2.19. The van der Waals surface area contributed by atoms with Crippen molar-refractivity contribution in [2.45, 2.75) is 79.1 Å². The Morgan fingerprint density at radius 2 is 1.39 bits per heavy atom. The Labute approximate surface area is 170 Å². The van der Waals surface area contributed by atoms with Crippen molar-refractivity contribution in [3.8, 4) is 11.5 Å². The number of carbonyl (C=O) groups is 1. The molecule has 3 nitrogen and oxygen atoms in total. The molecule has 2 aromatic carbocycles. The summed E-state index contributed by atoms with van der Waals surface area (Å²) < 4.78 is 5.65. The van der Waals surface area contributed by atoms with Crippen LogP contribution in [0.2, 0.25) is 0 Å². The van der Waals surface area contributed by atoms with Crippen molar-refractivity contribution in [3.05, 3.63) is 59.2 Å². The molecule has 1 N–H and O–H groups in total. The molecule has 0 radical (unpaired) electrons. The number of rotatable bonds is 3. The van der Waals surface area contributed by atoms with E-state index in [1.807, 2.05) is 12.1 Å². The van der Waals surface area contributed by atoms with Gasteiger partial charge in [0.05, 0.1) is 5.56 Å². The molecule has 0 aromatic heterocycles. The number of esters is 1. The van der Waals surface area contributed by atoms with Gasteiger partial charge in [-0.25, -0.2) is 4.79 Å². The van der Waals surface area contributed by atoms with Crippen LogP contribution >= 0.6 is 0 Å². The Morgan fingerprint density at radius 1 is 0.857 bits per heavy atom. The lowest BCUT2D eigenvalue weighted by atomic mass is 9.80. The molecule has 0 spiro atoms. The maximum Gasteiger partial charge on any atom is 0.343 e. The summed E-state index contributed by atoms with van der Waals surface area (Å²) in [6, 6.07) is 12.1. The van der Waals surface area contributed by atoms with Gasteiger partial charge in [-0.2, -0.15) is 0 Å². The van der Waals surface area contributed by atoms with E-state index in [2.05, 4.69) is 61.5 Å². The van der Waals surface area contributed by atoms with Gasteiger partial charge in [0.2, 0.25) is 0 Å². The molecule has 0 heterocycles. The second kappa shape index (κ2) is 9.77. The number of benzene rings is 2. The van der Waals surface area contributed by atoms with Crippen molar-refractivity contribution in [1.82, 2.24) is 0 Å². The number of aromatic hydroxyl groups is 1. The van der Waals surface area contributed by atoms with E-state index in [-0.39, 0.29) is 16.6 Å². The lowest BCUT2D eigenvalue weighted by Gasteiger charge is -2.26. The van der Waals surface area contributed by atoms with Crippen molar-refractivity contribution < 1.29 is 14.6 Å². The summed E-state index contributed by atoms with van der Waals surface area (Å²) in [5.74, 6) is 0.272. The number of hydrogen-bond donors (Lipinski definition) is 1. The van der Waals surface area contributed by atoms with Gasteiger partial charge in [0.1, 0.15) is 11.5 Å². The molecule has 154 valence electrons. The molecule has 0 aliphatic rings. The summed E-state index contributed by atoms with van der Waals surface area (Å²) in [4.78, 5) is 12.4. The van der Waals surface area contributed by atoms with E-state index in [4.69, 9.17) is 4.74 Å². The molecule has 0 saturated carbocycles. The molecule has 2 aromatic rings. The largest absolute Gasteiger partial charge is 0.508 e. The zero-order valence-electron chi connectivity index (χ0n) is 18.7. The molecule has 0 bridgehead atoms. The van der Waals surface area contributed by atoms with Gasteiger partial charge < -0.3 is 9.84 Å². The van der Waals surface area contributed by atoms with Gasteiger partial charge >= 0.3 is 5.97 Å². The summed E-state index contributed by atoms with van der Waals surface area (Å²) in [7, 11) is 0. The van der Waals surface area contributed by atoms with Crippen LogP contribution in [0, 0.1) is 0 Å². The molecular formula is C25H36O3. The van der Waals surface area contributed by atoms with Crippen LogP contribution in [0.4, 0.5) is 0 Å². The highest BCUT2D eigenvalue weighted by Crippen LogP contribution is 2.35. The standard InChI is InChI=1S/C21H26O3.C4H10/c1-20(2,3)15-9-12-18(17(13-15)21(4,5)6)24-19(23)14-7-10-16(22)11-8-14;1-3-4-2/h7-13,22H,1-6H3;3-4H2,1-2H3. The van der Waals surface area contributed by atoms with E-state index >= 15 is 0 Å². The number of hydrogen-bond acceptors (Lipinski definition) is 3. The monoisotopic (exact) mass is 384 g/mol. The van der Waals surface area contributed by atoms with Gasteiger partial charge in [-0.3, -0.25) is 0 Å². The average molecular weight is 385 g/mol. The molecule has 0 aliphatic carbocycles. The smallest absolute Gasteiger partial charge is 0.343 e. The Morgan fingerprint density at radius 3 is 1.82 bits per heavy atom. The first-order chi connectivity index (χ1) is 12.9. The summed E-state index contributed by atoms with van der Waals surface area (Å²) in [5.41, 5.74) is 2.50. The van der Waals surface area contributed by atoms with Crippen LogP contribution in [0.1, 0.15) is 89.7 Å². The SMILES string of the molecule is CC(C)(C)c1ccc(OC(=O)c2ccc(O)cc2)c(C(C)(C)C)c1.CCCC. The fraction of sp³-hybridized carbons (Fsp3) is 0.480. The minimum Gasteiger partial charge on any atom is -0.508 e. The highest BCUT2D eigenvalue weighted by Gasteiger charge is 2.24. The van der Waals surface area contributed by atoms with E-state index in [1.165, 1.54) is 30.5 Å². The third kappa shape index (κ3) is 7.03. The van der Waals surface area contributed by atoms with E-state index in [0.717, 1.165) is 5.56 Å². The predicted octanol–water partition coefficient (Wildman–Crippen LogP) is 7.01. The van der Waals surface area contributed by atoms with Gasteiger partial charge in [-0.1, -0.05) is 80.4 Å². The van der Waals surface area contributed by atoms with Crippen LogP contribution in [0.15, 0.2) is 42.5 Å². The van der Waals surface area contributed by atoms with E-state index in [9.17, 15) is 9.90 Å². The topological polar surface area (TPSA) is 46.5 Å². The maximum absolute atomic E-state index is 12.4. The van der Waals surface area contributed by atoms with Gasteiger partial charge in [0, 0.05) is 5.56 Å². The third-order valence-electron chi connectivity index (χ3n) is 4.46. The predicted molar refractivity (Wildman–Crippen MR) is 117 cm³/mol. The molecule has 0 amide bonds. The first-order valence-corrected chi connectivity index (χ1v) is 10.1. The molecule has 0 aliphatic heterocycles. The minimum atomic E-state index is -0.427. The van der Waals surface area contributed by atoms with Gasteiger partial charge in [-0.15, -0.1) is 0 Å². The summed E-state index contributed by atoms with van der Waals surface area (Å²) in [5, 5.41) is 9.33. The van der Waals surface area contributed by atoms with Crippen molar-refractivity contribution in [1.29, 1.82) is 0 Å². The Hall–Kier alpha value is -2.29. The third-order valence-corrected chi connectivity index (χ3v) is 4.46. The van der Waals surface area contributed by atoms with E-state index < -0.39 is 5.97 Å². The Kier molecular flexibility index (Phi) is 8.29. The van der Waals surface area contributed by atoms with E-state index in [0.29, 0.717) is 11.3 Å². The van der Waals surface area contributed by atoms with Crippen molar-refractivity contribution in [2.24, 2.45) is 0 Å². The highest BCUT2D eigenvalue weighted by atomic mass is 16.5. The number of carbonyl (C=O) groups excluding carboxylic acids is 1. The number of phenols is 1. The summed E-state index contributed by atoms with van der Waals surface area (Å²) in [6.45, 7) is 17.2. The fourth-order valence-corrected chi connectivity index (χ4v) is 2.43. The van der Waals surface area contributed by atoms with Crippen molar-refractivity contribution in [2.75, 3.05) is 0 Å². The van der Waals surface area contributed by atoms with Crippen LogP contribution in [-0.2, 0) is 10.8 Å². The van der Waals surface area contributed by atoms with Crippen LogP contribution in [0.5, 0.6) is 11.5 Å². The van der Waals surface area contributed by atoms with Crippen molar-refractivity contribution >= 4 is 5.97 Å². The van der Waals surface area contributed by atoms with Crippen LogP contribution in [0.3, 0.4) is 0 Å². The molecular weight excluding hydrogens is 348 g/mol. The van der Waals surface area contributed by atoms with Crippen LogP contribution < -0.4 is 4.74 Å². The Bertz CT molecular complexity index is 758. The zero-order chi connectivity index (χ0) is 21.5. The second-order valence-corrected chi connectivity index (χ2v) is 9.15. The normalized spacial score (nSPS) is 11.4. The molecule has 28 heavy (non-hydrogen) atoms. The highest BCUT2D eigenvalue weighted by molar-refractivity contribution is 5.91. The first kappa shape index (κ1) is 23.7. The van der Waals surface area contributed by atoms with Gasteiger partial charge in [-0.05, 0) is 46.7 Å². The summed E-state index contributed by atoms with van der Waals surface area (Å²) in [6.07, 6.45) is 2.64. The fourth-order valence-electron chi connectivity index (χ4n) is 2.43. The van der Waals surface area contributed by atoms with Crippen LogP contribution in [-0.4, -0.2) is 11.1 Å². The molecule has 0 atom stereocenters. The number of unbranched alkanes of at least 4 members (excludes halogenated alkanes) is 1. The minimum absolute atomic E-state index is 0.0273. The second-order valence-electron chi connectivity index (χ2n) is 9.15. The molecule has 0 saturated heterocycles. The summed E-state index contributed by atoms with van der Waals surface area (Å²) >= 11 is 0. The van der Waals surface area contributed by atoms with Crippen molar-refractivity contribution in [3.63, 3.8) is 0 Å². The van der Waals surface area contributed by atoms with Crippen LogP contribution in [0.25, 0.3) is 0 Å². The average Bonchev–Trinajstić information content (AvgIpc) is 2.61. The quantitative estimate of drug-likeness (QED) is 0.457. The van der Waals surface area contributed by atoms with Gasteiger partial charge in [0.25, 0.3) is 0 Å². The zero-order valence-corrected chi connectivity index (χ0v) is 18.7.